The van der Waals surface area contributed by atoms with Gasteiger partial charge in [-0.3, -0.25) is 10.1 Å². The minimum Gasteiger partial charge on any atom is -0.372 e. The average molecular weight is 549 g/mol. The number of unbranched alkanes of at least 4 members (excludes halogenated alkanes) is 3. The number of anilines is 2. The zero-order chi connectivity index (χ0) is 29.4. The van der Waals surface area contributed by atoms with Crippen LogP contribution in [0.2, 0.25) is 0 Å². The molecular formula is C30H43F3N4O2. The molecular weight excluding hydrogens is 505 g/mol. The van der Waals surface area contributed by atoms with Gasteiger partial charge in [-0.15, -0.1) is 0 Å². The van der Waals surface area contributed by atoms with Crippen LogP contribution in [0.15, 0.2) is 36.4 Å². The Morgan fingerprint density at radius 2 is 1.31 bits per heavy atom. The van der Waals surface area contributed by atoms with Crippen molar-refractivity contribution < 1.29 is 18.1 Å². The minimum atomic E-state index is -4.50. The SMILES string of the molecule is CCCCN(CCC)c1ccc(C#N)c(C(F)(F)F)c1.CCCCN(CCCC)c1ccc([N+](=O)[O-])c(C)c1. The molecule has 2 rings (SSSR count). The predicted octanol–water partition coefficient (Wildman–Crippen LogP) is 8.90. The summed E-state index contributed by atoms with van der Waals surface area (Å²) in [6, 6.07) is 11.0. The lowest BCUT2D eigenvalue weighted by atomic mass is 10.1. The van der Waals surface area contributed by atoms with Gasteiger partial charge >= 0.3 is 6.18 Å². The molecule has 0 aliphatic heterocycles. The Hall–Kier alpha value is -3.28. The van der Waals surface area contributed by atoms with Crippen LogP contribution in [0.25, 0.3) is 0 Å². The number of rotatable bonds is 14. The molecule has 0 saturated heterocycles. The van der Waals surface area contributed by atoms with E-state index in [0.717, 1.165) is 81.9 Å². The number of benzene rings is 2. The van der Waals surface area contributed by atoms with Crippen molar-refractivity contribution in [2.24, 2.45) is 0 Å². The first-order valence-electron chi connectivity index (χ1n) is 13.9. The number of hydrogen-bond donors (Lipinski definition) is 0. The van der Waals surface area contributed by atoms with E-state index in [1.54, 1.807) is 25.1 Å². The molecule has 0 aromatic heterocycles. The molecule has 9 heteroatoms. The van der Waals surface area contributed by atoms with Gasteiger partial charge in [-0.05, 0) is 62.9 Å². The second-order valence-corrected chi connectivity index (χ2v) is 9.60. The maximum atomic E-state index is 12.9. The second kappa shape index (κ2) is 17.3. The number of halogens is 3. The summed E-state index contributed by atoms with van der Waals surface area (Å²) in [5.74, 6) is 0. The van der Waals surface area contributed by atoms with E-state index in [1.165, 1.54) is 6.07 Å². The summed E-state index contributed by atoms with van der Waals surface area (Å²) in [6.45, 7) is 13.7. The van der Waals surface area contributed by atoms with Gasteiger partial charge in [0.25, 0.3) is 5.69 Å². The van der Waals surface area contributed by atoms with E-state index in [9.17, 15) is 23.3 Å². The van der Waals surface area contributed by atoms with Gasteiger partial charge in [0.2, 0.25) is 0 Å². The quantitative estimate of drug-likeness (QED) is 0.174. The number of hydrogen-bond acceptors (Lipinski definition) is 5. The molecule has 0 saturated carbocycles. The van der Waals surface area contributed by atoms with Gasteiger partial charge in [0.1, 0.15) is 0 Å². The summed E-state index contributed by atoms with van der Waals surface area (Å²) in [7, 11) is 0. The number of aryl methyl sites for hydroxylation is 1. The van der Waals surface area contributed by atoms with Gasteiger partial charge in [0, 0.05) is 49.2 Å². The topological polar surface area (TPSA) is 73.4 Å². The van der Waals surface area contributed by atoms with Crippen LogP contribution < -0.4 is 9.80 Å². The average Bonchev–Trinajstić information content (AvgIpc) is 2.90. The first kappa shape index (κ1) is 33.7. The third-order valence-electron chi connectivity index (χ3n) is 6.37. The maximum absolute atomic E-state index is 12.9. The fourth-order valence-electron chi connectivity index (χ4n) is 4.16. The number of alkyl halides is 3. The summed E-state index contributed by atoms with van der Waals surface area (Å²) >= 11 is 0. The largest absolute Gasteiger partial charge is 0.417 e. The Kier molecular flexibility index (Phi) is 15.0. The van der Waals surface area contributed by atoms with Crippen LogP contribution in [0.3, 0.4) is 0 Å². The lowest BCUT2D eigenvalue weighted by Gasteiger charge is -2.25. The zero-order valence-electron chi connectivity index (χ0n) is 24.0. The normalized spacial score (nSPS) is 10.8. The number of nitriles is 1. The molecule has 0 bridgehead atoms. The van der Waals surface area contributed by atoms with E-state index < -0.39 is 11.7 Å². The summed E-state index contributed by atoms with van der Waals surface area (Å²) in [5.41, 5.74) is 1.40. The highest BCUT2D eigenvalue weighted by atomic mass is 19.4. The second-order valence-electron chi connectivity index (χ2n) is 9.60. The first-order valence-corrected chi connectivity index (χ1v) is 13.9. The summed E-state index contributed by atoms with van der Waals surface area (Å²) in [5, 5.41) is 19.6. The third kappa shape index (κ3) is 11.2. The molecule has 39 heavy (non-hydrogen) atoms. The van der Waals surface area contributed by atoms with Crippen LogP contribution in [0.1, 0.15) is 89.3 Å². The Morgan fingerprint density at radius 3 is 1.72 bits per heavy atom. The third-order valence-corrected chi connectivity index (χ3v) is 6.37. The van der Waals surface area contributed by atoms with Gasteiger partial charge in [0.05, 0.1) is 22.1 Å². The van der Waals surface area contributed by atoms with E-state index in [-0.39, 0.29) is 16.2 Å². The zero-order valence-corrected chi connectivity index (χ0v) is 24.0. The van der Waals surface area contributed by atoms with Crippen molar-refractivity contribution in [1.82, 2.24) is 0 Å². The van der Waals surface area contributed by atoms with E-state index in [4.69, 9.17) is 5.26 Å². The standard InChI is InChI=1S/C15H19F3N2.C15H24N2O2/c1-3-5-9-20(8-4-2)13-7-6-12(11-19)14(10-13)15(16,17)18;1-4-6-10-16(11-7-5-2)14-8-9-15(17(18)19)13(3)12-14/h6-7,10H,3-5,8-9H2,1-2H3;8-9,12H,4-7,10-11H2,1-3H3. The number of nitrogens with zero attached hydrogens (tertiary/aromatic N) is 4. The molecule has 2 aromatic carbocycles. The Balaban J connectivity index is 0.000000391. The van der Waals surface area contributed by atoms with Crippen LogP contribution in [-0.4, -0.2) is 31.1 Å². The Bertz CT molecular complexity index is 1060. The van der Waals surface area contributed by atoms with Crippen LogP contribution in [0.4, 0.5) is 30.2 Å². The monoisotopic (exact) mass is 548 g/mol. The molecule has 0 N–H and O–H groups in total. The molecule has 0 fully saturated rings. The van der Waals surface area contributed by atoms with Crippen molar-refractivity contribution in [2.45, 2.75) is 85.7 Å². The van der Waals surface area contributed by atoms with Crippen LogP contribution in [-0.2, 0) is 6.18 Å². The molecule has 0 spiro atoms. The first-order chi connectivity index (χ1) is 18.5. The van der Waals surface area contributed by atoms with Crippen LogP contribution in [0.5, 0.6) is 0 Å². The Morgan fingerprint density at radius 1 is 0.821 bits per heavy atom. The van der Waals surface area contributed by atoms with Crippen molar-refractivity contribution in [2.75, 3.05) is 36.0 Å². The molecule has 0 aliphatic rings. The highest BCUT2D eigenvalue weighted by Crippen LogP contribution is 2.34. The number of nitro groups is 1. The summed E-state index contributed by atoms with van der Waals surface area (Å²) in [4.78, 5) is 14.8. The molecule has 0 heterocycles. The van der Waals surface area contributed by atoms with Crippen molar-refractivity contribution in [3.8, 4) is 6.07 Å². The van der Waals surface area contributed by atoms with Gasteiger partial charge in [0.15, 0.2) is 0 Å². The predicted molar refractivity (Wildman–Crippen MR) is 153 cm³/mol. The van der Waals surface area contributed by atoms with Crippen molar-refractivity contribution in [3.05, 3.63) is 63.2 Å². The Labute approximate surface area is 231 Å². The van der Waals surface area contributed by atoms with E-state index in [2.05, 4.69) is 18.7 Å². The summed E-state index contributed by atoms with van der Waals surface area (Å²) in [6.07, 6.45) is 2.92. The minimum absolute atomic E-state index is 0.203. The molecule has 0 unspecified atom stereocenters. The van der Waals surface area contributed by atoms with Gasteiger partial charge in [-0.2, -0.15) is 18.4 Å². The lowest BCUT2D eigenvalue weighted by molar-refractivity contribution is -0.385. The van der Waals surface area contributed by atoms with E-state index in [1.807, 2.05) is 30.9 Å². The molecule has 0 atom stereocenters. The smallest absolute Gasteiger partial charge is 0.372 e. The highest BCUT2D eigenvalue weighted by Gasteiger charge is 2.34. The van der Waals surface area contributed by atoms with Crippen molar-refractivity contribution in [1.29, 1.82) is 5.26 Å². The molecule has 0 amide bonds. The summed E-state index contributed by atoms with van der Waals surface area (Å²) < 4.78 is 38.8. The van der Waals surface area contributed by atoms with Gasteiger partial charge in [-0.1, -0.05) is 47.0 Å². The van der Waals surface area contributed by atoms with Gasteiger partial charge < -0.3 is 9.80 Å². The van der Waals surface area contributed by atoms with E-state index in [0.29, 0.717) is 12.2 Å². The fraction of sp³-hybridized carbons (Fsp3) is 0.567. The van der Waals surface area contributed by atoms with Crippen molar-refractivity contribution >= 4 is 17.1 Å². The van der Waals surface area contributed by atoms with Crippen LogP contribution >= 0.6 is 0 Å². The highest BCUT2D eigenvalue weighted by molar-refractivity contribution is 5.56. The molecule has 2 aromatic rings. The van der Waals surface area contributed by atoms with E-state index >= 15 is 0 Å². The maximum Gasteiger partial charge on any atom is 0.417 e. The molecule has 0 radical (unpaired) electrons. The lowest BCUT2D eigenvalue weighted by Crippen LogP contribution is -2.25. The van der Waals surface area contributed by atoms with Gasteiger partial charge in [-0.25, -0.2) is 0 Å². The molecule has 216 valence electrons. The molecule has 0 aliphatic carbocycles. The molecule has 6 nitrogen and oxygen atoms in total. The van der Waals surface area contributed by atoms with Crippen LogP contribution in [0, 0.1) is 28.4 Å². The van der Waals surface area contributed by atoms with Crippen molar-refractivity contribution in [3.63, 3.8) is 0 Å². The number of nitro benzene ring substituents is 1. The fourth-order valence-corrected chi connectivity index (χ4v) is 4.16.